The topological polar surface area (TPSA) is 66.4 Å². The Morgan fingerprint density at radius 1 is 1.38 bits per heavy atom. The van der Waals surface area contributed by atoms with Crippen LogP contribution in [0.15, 0.2) is 21.5 Å². The average molecular weight is 394 g/mol. The molecular weight excluding hydrogens is 382 g/mol. The maximum atomic E-state index is 13.9. The lowest BCUT2D eigenvalue weighted by Gasteiger charge is -2.17. The first kappa shape index (κ1) is 18.3. The van der Waals surface area contributed by atoms with Gasteiger partial charge >= 0.3 is 6.18 Å². The van der Waals surface area contributed by atoms with Crippen LogP contribution < -0.4 is 4.72 Å². The van der Waals surface area contributed by atoms with Crippen LogP contribution in [0.4, 0.5) is 17.6 Å². The van der Waals surface area contributed by atoms with Crippen LogP contribution in [0.1, 0.15) is 18.9 Å². The molecule has 1 rings (SSSR count). The van der Waals surface area contributed by atoms with Crippen LogP contribution >= 0.6 is 15.9 Å². The molecule has 120 valence electrons. The molecule has 0 fully saturated rings. The number of halogens is 5. The summed E-state index contributed by atoms with van der Waals surface area (Å²) in [5.41, 5.74) is -0.284. The molecule has 0 amide bonds. The van der Waals surface area contributed by atoms with Crippen molar-refractivity contribution < 1.29 is 31.1 Å². The summed E-state index contributed by atoms with van der Waals surface area (Å²) in [6.07, 6.45) is -5.93. The maximum Gasteiger partial charge on any atom is 0.390 e. The molecule has 1 aromatic rings. The molecule has 1 aromatic carbocycles. The average Bonchev–Trinajstić information content (AvgIpc) is 2.28. The number of aliphatic hydroxyl groups is 1. The van der Waals surface area contributed by atoms with Crippen molar-refractivity contribution in [2.75, 3.05) is 0 Å². The normalized spacial score (nSPS) is 14.2. The lowest BCUT2D eigenvalue weighted by atomic mass is 10.2. The Kier molecular flexibility index (Phi) is 5.76. The predicted molar refractivity (Wildman–Crippen MR) is 70.5 cm³/mol. The quantitative estimate of drug-likeness (QED) is 0.755. The van der Waals surface area contributed by atoms with Gasteiger partial charge in [-0.05, 0) is 19.1 Å². The van der Waals surface area contributed by atoms with E-state index in [1.807, 2.05) is 0 Å². The van der Waals surface area contributed by atoms with E-state index in [0.717, 1.165) is 13.0 Å². The van der Waals surface area contributed by atoms with Gasteiger partial charge in [0.05, 0.1) is 13.0 Å². The van der Waals surface area contributed by atoms with E-state index in [9.17, 15) is 26.0 Å². The van der Waals surface area contributed by atoms with Gasteiger partial charge in [-0.1, -0.05) is 15.9 Å². The number of sulfonamides is 1. The molecule has 10 heteroatoms. The number of hydrogen-bond acceptors (Lipinski definition) is 3. The minimum atomic E-state index is -4.55. The van der Waals surface area contributed by atoms with Gasteiger partial charge in [-0.25, -0.2) is 17.5 Å². The molecule has 2 N–H and O–H groups in total. The van der Waals surface area contributed by atoms with Crippen LogP contribution in [-0.4, -0.2) is 25.7 Å². The SMILES string of the molecule is CC(CC(F)(F)F)NS(=O)(=O)c1cc(Br)cc(CO)c1F. The summed E-state index contributed by atoms with van der Waals surface area (Å²) in [4.78, 5) is -0.824. The fourth-order valence-corrected chi connectivity index (χ4v) is 3.69. The highest BCUT2D eigenvalue weighted by Gasteiger charge is 2.33. The van der Waals surface area contributed by atoms with Gasteiger partial charge in [0.1, 0.15) is 10.7 Å². The summed E-state index contributed by atoms with van der Waals surface area (Å²) in [6.45, 7) is 0.278. The van der Waals surface area contributed by atoms with Crippen molar-refractivity contribution in [2.45, 2.75) is 37.1 Å². The highest BCUT2D eigenvalue weighted by atomic mass is 79.9. The number of hydrogen-bond donors (Lipinski definition) is 2. The van der Waals surface area contributed by atoms with Crippen molar-refractivity contribution in [1.29, 1.82) is 0 Å². The molecular formula is C11H12BrF4NO3S. The smallest absolute Gasteiger partial charge is 0.390 e. The van der Waals surface area contributed by atoms with Gasteiger partial charge in [-0.2, -0.15) is 13.2 Å². The second-order valence-corrected chi connectivity index (χ2v) is 6.97. The molecule has 0 aliphatic heterocycles. The zero-order valence-corrected chi connectivity index (χ0v) is 13.1. The largest absolute Gasteiger partial charge is 0.392 e. The Morgan fingerprint density at radius 3 is 2.43 bits per heavy atom. The van der Waals surface area contributed by atoms with Crippen molar-refractivity contribution in [3.8, 4) is 0 Å². The monoisotopic (exact) mass is 393 g/mol. The van der Waals surface area contributed by atoms with Crippen LogP contribution in [0.5, 0.6) is 0 Å². The van der Waals surface area contributed by atoms with Crippen LogP contribution in [0.25, 0.3) is 0 Å². The second-order valence-electron chi connectivity index (χ2n) is 4.38. The van der Waals surface area contributed by atoms with Gasteiger partial charge in [0.15, 0.2) is 0 Å². The van der Waals surface area contributed by atoms with Gasteiger partial charge in [0.2, 0.25) is 10.0 Å². The Morgan fingerprint density at radius 2 is 1.95 bits per heavy atom. The maximum absolute atomic E-state index is 13.9. The van der Waals surface area contributed by atoms with Crippen molar-refractivity contribution in [2.24, 2.45) is 0 Å². The van der Waals surface area contributed by atoms with Crippen molar-refractivity contribution in [3.05, 3.63) is 28.0 Å². The number of nitrogens with one attached hydrogen (secondary N) is 1. The first-order chi connectivity index (χ1) is 9.46. The molecule has 0 saturated carbocycles. The number of aliphatic hydroxyl groups excluding tert-OH is 1. The number of rotatable bonds is 5. The fraction of sp³-hybridized carbons (Fsp3) is 0.455. The Bertz CT molecular complexity index is 619. The summed E-state index contributed by atoms with van der Waals surface area (Å²) < 4.78 is 76.3. The minimum Gasteiger partial charge on any atom is -0.392 e. The van der Waals surface area contributed by atoms with Gasteiger partial charge in [-0.15, -0.1) is 0 Å². The van der Waals surface area contributed by atoms with E-state index in [1.54, 1.807) is 4.72 Å². The molecule has 0 heterocycles. The predicted octanol–water partition coefficient (Wildman–Crippen LogP) is 2.70. The summed E-state index contributed by atoms with van der Waals surface area (Å²) >= 11 is 2.95. The van der Waals surface area contributed by atoms with Crippen LogP contribution in [0.2, 0.25) is 0 Å². The van der Waals surface area contributed by atoms with Crippen LogP contribution in [0, 0.1) is 5.82 Å². The molecule has 0 radical (unpaired) electrons. The molecule has 21 heavy (non-hydrogen) atoms. The summed E-state index contributed by atoms with van der Waals surface area (Å²) in [5.74, 6) is -1.20. The first-order valence-corrected chi connectivity index (χ1v) is 7.91. The van der Waals surface area contributed by atoms with Crippen molar-refractivity contribution in [1.82, 2.24) is 4.72 Å². The minimum absolute atomic E-state index is 0.178. The van der Waals surface area contributed by atoms with E-state index in [-0.39, 0.29) is 10.0 Å². The van der Waals surface area contributed by atoms with Gasteiger partial charge < -0.3 is 5.11 Å². The van der Waals surface area contributed by atoms with Crippen LogP contribution in [0.3, 0.4) is 0 Å². The Labute approximate surface area is 127 Å². The molecule has 0 saturated heterocycles. The standard InChI is InChI=1S/C11H12BrF4NO3S/c1-6(4-11(14,15)16)17-21(19,20)9-3-8(12)2-7(5-18)10(9)13/h2-3,6,17-18H,4-5H2,1H3. The van der Waals surface area contributed by atoms with Gasteiger partial charge in [0, 0.05) is 16.1 Å². The van der Waals surface area contributed by atoms with Crippen LogP contribution in [-0.2, 0) is 16.6 Å². The van der Waals surface area contributed by atoms with E-state index in [0.29, 0.717) is 0 Å². The van der Waals surface area contributed by atoms with E-state index >= 15 is 0 Å². The molecule has 0 bridgehead atoms. The zero-order chi connectivity index (χ0) is 16.4. The zero-order valence-electron chi connectivity index (χ0n) is 10.7. The molecule has 4 nitrogen and oxygen atoms in total. The molecule has 0 aliphatic carbocycles. The van der Waals surface area contributed by atoms with Gasteiger partial charge in [-0.3, -0.25) is 0 Å². The van der Waals surface area contributed by atoms with E-state index in [2.05, 4.69) is 15.9 Å². The van der Waals surface area contributed by atoms with Crippen molar-refractivity contribution >= 4 is 26.0 Å². The summed E-state index contributed by atoms with van der Waals surface area (Å²) in [6, 6.07) is 0.635. The number of benzene rings is 1. The van der Waals surface area contributed by atoms with E-state index in [4.69, 9.17) is 5.11 Å². The molecule has 0 aromatic heterocycles. The van der Waals surface area contributed by atoms with Gasteiger partial charge in [0.25, 0.3) is 0 Å². The van der Waals surface area contributed by atoms with Crippen molar-refractivity contribution in [3.63, 3.8) is 0 Å². The molecule has 1 atom stereocenters. The van der Waals surface area contributed by atoms with E-state index < -0.39 is 46.0 Å². The highest BCUT2D eigenvalue weighted by Crippen LogP contribution is 2.26. The third kappa shape index (κ3) is 5.20. The highest BCUT2D eigenvalue weighted by molar-refractivity contribution is 9.10. The lowest BCUT2D eigenvalue weighted by Crippen LogP contribution is -2.36. The molecule has 1 unspecified atom stereocenters. The Hall–Kier alpha value is -0.710. The summed E-state index contributed by atoms with van der Waals surface area (Å²) in [5, 5.41) is 8.94. The lowest BCUT2D eigenvalue weighted by molar-refractivity contribution is -0.137. The third-order valence-corrected chi connectivity index (χ3v) is 4.48. The third-order valence-electron chi connectivity index (χ3n) is 2.43. The Balaban J connectivity index is 3.12. The fourth-order valence-electron chi connectivity index (χ4n) is 1.65. The summed E-state index contributed by atoms with van der Waals surface area (Å²) in [7, 11) is -4.48. The number of alkyl halides is 3. The first-order valence-electron chi connectivity index (χ1n) is 5.64. The van der Waals surface area contributed by atoms with E-state index in [1.165, 1.54) is 6.07 Å². The second kappa shape index (κ2) is 6.59. The molecule has 0 aliphatic rings. The molecule has 0 spiro atoms.